The van der Waals surface area contributed by atoms with Gasteiger partial charge in [0.2, 0.25) is 11.1 Å². The number of tetrazole rings is 1. The molecule has 29 heavy (non-hydrogen) atoms. The van der Waals surface area contributed by atoms with Gasteiger partial charge in [0.25, 0.3) is 0 Å². The second kappa shape index (κ2) is 9.22. The van der Waals surface area contributed by atoms with Crippen LogP contribution in [0.1, 0.15) is 36.5 Å². The highest BCUT2D eigenvalue weighted by Crippen LogP contribution is 2.22. The maximum Gasteiger partial charge on any atom is 0.233 e. The number of thioether (sulfide) groups is 1. The van der Waals surface area contributed by atoms with Crippen LogP contribution in [0.3, 0.4) is 0 Å². The molecule has 4 rings (SSSR count). The summed E-state index contributed by atoms with van der Waals surface area (Å²) in [5.41, 5.74) is 4.82. The highest BCUT2D eigenvalue weighted by molar-refractivity contribution is 7.99. The highest BCUT2D eigenvalue weighted by atomic mass is 32.2. The van der Waals surface area contributed by atoms with E-state index in [-0.39, 0.29) is 5.91 Å². The van der Waals surface area contributed by atoms with Crippen LogP contribution in [0, 0.1) is 0 Å². The van der Waals surface area contributed by atoms with E-state index in [4.69, 9.17) is 0 Å². The van der Waals surface area contributed by atoms with Crippen molar-refractivity contribution in [2.75, 3.05) is 12.3 Å². The Labute approximate surface area is 175 Å². The summed E-state index contributed by atoms with van der Waals surface area (Å²) in [6.07, 6.45) is 4.37. The van der Waals surface area contributed by atoms with E-state index in [1.54, 1.807) is 4.68 Å². The summed E-state index contributed by atoms with van der Waals surface area (Å²) in [6.45, 7) is 3.64. The number of benzene rings is 2. The van der Waals surface area contributed by atoms with Gasteiger partial charge in [0, 0.05) is 13.1 Å². The molecule has 0 bridgehead atoms. The first kappa shape index (κ1) is 19.6. The number of unbranched alkanes of at least 4 members (excludes halogenated alkanes) is 1. The van der Waals surface area contributed by atoms with Gasteiger partial charge in [-0.3, -0.25) is 4.79 Å². The lowest BCUT2D eigenvalue weighted by molar-refractivity contribution is -0.129. The average Bonchev–Trinajstić information content (AvgIpc) is 3.24. The van der Waals surface area contributed by atoms with E-state index in [9.17, 15) is 4.79 Å². The molecule has 1 aliphatic rings. The van der Waals surface area contributed by atoms with Crippen LogP contribution in [-0.4, -0.2) is 43.3 Å². The Morgan fingerprint density at radius 3 is 2.69 bits per heavy atom. The lowest BCUT2D eigenvalue weighted by Gasteiger charge is -2.28. The Hall–Kier alpha value is -2.67. The number of nitrogens with zero attached hydrogens (tertiary/aromatic N) is 5. The van der Waals surface area contributed by atoms with E-state index in [0.717, 1.165) is 25.1 Å². The molecule has 2 aromatic carbocycles. The van der Waals surface area contributed by atoms with Crippen LogP contribution in [0.4, 0.5) is 0 Å². The maximum absolute atomic E-state index is 12.7. The number of rotatable bonds is 7. The molecule has 0 atom stereocenters. The van der Waals surface area contributed by atoms with Crippen molar-refractivity contribution in [1.29, 1.82) is 0 Å². The molecule has 0 saturated carbocycles. The fourth-order valence-electron chi connectivity index (χ4n) is 3.54. The molecule has 150 valence electrons. The molecular weight excluding hydrogens is 382 g/mol. The van der Waals surface area contributed by atoms with Crippen molar-refractivity contribution < 1.29 is 4.79 Å². The average molecular weight is 408 g/mol. The van der Waals surface area contributed by atoms with Crippen molar-refractivity contribution in [1.82, 2.24) is 25.1 Å². The molecule has 6 nitrogen and oxygen atoms in total. The molecular formula is C22H25N5OS. The Bertz CT molecular complexity index is 969. The summed E-state index contributed by atoms with van der Waals surface area (Å²) in [4.78, 5) is 14.6. The van der Waals surface area contributed by atoms with E-state index in [1.807, 2.05) is 23.1 Å². The maximum atomic E-state index is 12.7. The molecule has 1 amide bonds. The number of aromatic nitrogens is 4. The van der Waals surface area contributed by atoms with Gasteiger partial charge in [0.1, 0.15) is 0 Å². The molecule has 0 unspecified atom stereocenters. The first-order valence-electron chi connectivity index (χ1n) is 10.1. The second-order valence-corrected chi connectivity index (χ2v) is 8.21. The zero-order chi connectivity index (χ0) is 20.1. The predicted molar refractivity (Wildman–Crippen MR) is 114 cm³/mol. The Morgan fingerprint density at radius 2 is 1.90 bits per heavy atom. The molecule has 0 spiro atoms. The van der Waals surface area contributed by atoms with Crippen LogP contribution < -0.4 is 0 Å². The number of fused-ring (bicyclic) bond motifs is 1. The smallest absolute Gasteiger partial charge is 0.233 e. The number of hydrogen-bond donors (Lipinski definition) is 0. The number of carbonyl (C=O) groups is 1. The Morgan fingerprint density at radius 1 is 1.10 bits per heavy atom. The van der Waals surface area contributed by atoms with E-state index < -0.39 is 0 Å². The SMILES string of the molecule is CCCCc1ccc(-n2nnnc2SCC(=O)N2CCc3ccccc3C2)cc1. The van der Waals surface area contributed by atoms with Gasteiger partial charge in [-0.2, -0.15) is 4.68 Å². The summed E-state index contributed by atoms with van der Waals surface area (Å²) in [5, 5.41) is 12.7. The van der Waals surface area contributed by atoms with Gasteiger partial charge in [0.15, 0.2) is 0 Å². The monoisotopic (exact) mass is 407 g/mol. The zero-order valence-electron chi connectivity index (χ0n) is 16.6. The normalized spacial score (nSPS) is 13.3. The van der Waals surface area contributed by atoms with Crippen molar-refractivity contribution in [2.45, 2.75) is 44.3 Å². The van der Waals surface area contributed by atoms with Crippen molar-refractivity contribution in [3.63, 3.8) is 0 Å². The quantitative estimate of drug-likeness (QED) is 0.559. The predicted octanol–water partition coefficient (Wildman–Crippen LogP) is 3.68. The molecule has 0 fully saturated rings. The number of aryl methyl sites for hydroxylation is 1. The number of amides is 1. The van der Waals surface area contributed by atoms with Crippen LogP contribution in [-0.2, 0) is 24.2 Å². The fourth-order valence-corrected chi connectivity index (χ4v) is 4.34. The van der Waals surface area contributed by atoms with Gasteiger partial charge >= 0.3 is 0 Å². The van der Waals surface area contributed by atoms with E-state index in [1.165, 1.54) is 41.3 Å². The van der Waals surface area contributed by atoms with Gasteiger partial charge in [0.05, 0.1) is 11.4 Å². The van der Waals surface area contributed by atoms with Crippen LogP contribution in [0.2, 0.25) is 0 Å². The molecule has 3 aromatic rings. The van der Waals surface area contributed by atoms with Crippen molar-refractivity contribution in [2.24, 2.45) is 0 Å². The fraction of sp³-hybridized carbons (Fsp3) is 0.364. The largest absolute Gasteiger partial charge is 0.337 e. The van der Waals surface area contributed by atoms with Crippen LogP contribution in [0.15, 0.2) is 53.7 Å². The Kier molecular flexibility index (Phi) is 6.24. The summed E-state index contributed by atoms with van der Waals surface area (Å²) in [5.74, 6) is 0.450. The molecule has 1 aliphatic heterocycles. The van der Waals surface area contributed by atoms with Gasteiger partial charge in [-0.25, -0.2) is 0 Å². The van der Waals surface area contributed by atoms with Gasteiger partial charge in [-0.1, -0.05) is 61.5 Å². The molecule has 2 heterocycles. The molecule has 0 radical (unpaired) electrons. The first-order valence-corrected chi connectivity index (χ1v) is 11.1. The van der Waals surface area contributed by atoms with Gasteiger partial charge < -0.3 is 4.90 Å². The molecule has 1 aromatic heterocycles. The van der Waals surface area contributed by atoms with Crippen molar-refractivity contribution in [3.05, 3.63) is 65.2 Å². The lowest BCUT2D eigenvalue weighted by atomic mass is 10.00. The minimum atomic E-state index is 0.119. The van der Waals surface area contributed by atoms with E-state index in [0.29, 0.717) is 17.5 Å². The van der Waals surface area contributed by atoms with Crippen LogP contribution in [0.5, 0.6) is 0 Å². The third-order valence-corrected chi connectivity index (χ3v) is 6.15. The topological polar surface area (TPSA) is 63.9 Å². The minimum Gasteiger partial charge on any atom is -0.337 e. The van der Waals surface area contributed by atoms with Crippen molar-refractivity contribution in [3.8, 4) is 5.69 Å². The van der Waals surface area contributed by atoms with E-state index in [2.05, 4.69) is 52.8 Å². The summed E-state index contributed by atoms with van der Waals surface area (Å²) >= 11 is 1.39. The zero-order valence-corrected chi connectivity index (χ0v) is 17.4. The van der Waals surface area contributed by atoms with Gasteiger partial charge in [-0.15, -0.1) is 5.10 Å². The standard InChI is InChI=1S/C22H25N5OS/c1-2-3-6-17-9-11-20(12-10-17)27-22(23-24-25-27)29-16-21(28)26-14-13-18-7-4-5-8-19(18)15-26/h4-5,7-12H,2-3,6,13-16H2,1H3. The minimum absolute atomic E-state index is 0.119. The van der Waals surface area contributed by atoms with Crippen LogP contribution in [0.25, 0.3) is 5.69 Å². The first-order chi connectivity index (χ1) is 14.2. The molecule has 0 aliphatic carbocycles. The number of carbonyl (C=O) groups excluding carboxylic acids is 1. The third kappa shape index (κ3) is 4.67. The molecule has 0 N–H and O–H groups in total. The summed E-state index contributed by atoms with van der Waals surface area (Å²) < 4.78 is 1.70. The van der Waals surface area contributed by atoms with Gasteiger partial charge in [-0.05, 0) is 58.5 Å². The number of hydrogen-bond acceptors (Lipinski definition) is 5. The van der Waals surface area contributed by atoms with E-state index >= 15 is 0 Å². The molecule has 0 saturated heterocycles. The highest BCUT2D eigenvalue weighted by Gasteiger charge is 2.21. The lowest BCUT2D eigenvalue weighted by Crippen LogP contribution is -2.37. The molecule has 7 heteroatoms. The van der Waals surface area contributed by atoms with Crippen LogP contribution >= 0.6 is 11.8 Å². The Balaban J connectivity index is 1.38. The van der Waals surface area contributed by atoms with Crippen molar-refractivity contribution >= 4 is 17.7 Å². The summed E-state index contributed by atoms with van der Waals surface area (Å²) in [7, 11) is 0. The second-order valence-electron chi connectivity index (χ2n) is 7.27. The third-order valence-electron chi connectivity index (χ3n) is 5.25. The summed E-state index contributed by atoms with van der Waals surface area (Å²) in [6, 6.07) is 16.7.